The lowest BCUT2D eigenvalue weighted by Gasteiger charge is -2.20. The highest BCUT2D eigenvalue weighted by atomic mass is 35.5. The van der Waals surface area contributed by atoms with Gasteiger partial charge in [0.25, 0.3) is 5.56 Å². The molecule has 32 heavy (non-hydrogen) atoms. The van der Waals surface area contributed by atoms with E-state index >= 15 is 0 Å². The molecule has 0 aliphatic carbocycles. The Morgan fingerprint density at radius 2 is 1.97 bits per heavy atom. The molecule has 1 aliphatic heterocycles. The maximum Gasteiger partial charge on any atom is 0.417 e. The standard InChI is InChI=1S/C18H11ClF4N2O2S.C2H6O2/c19-11-6-8(2-3-12(11)20)13-10(18(21,22)23)7-9-14-15(13)28-5-1-4-25(14)17(27)24-16(9)26;1-4-2-3/h2-3,6-7H,1,4-5H2,(H,24,26,27);3H,2H2,1H3. The summed E-state index contributed by atoms with van der Waals surface area (Å²) in [4.78, 5) is 26.8. The summed E-state index contributed by atoms with van der Waals surface area (Å²) in [6.07, 6.45) is -4.24. The number of hydrogen-bond donors (Lipinski definition) is 2. The van der Waals surface area contributed by atoms with Crippen LogP contribution in [0.2, 0.25) is 5.02 Å². The van der Waals surface area contributed by atoms with Crippen LogP contribution in [0.4, 0.5) is 17.6 Å². The minimum absolute atomic E-state index is 0.0595. The number of rotatable bonds is 2. The first-order valence-corrected chi connectivity index (χ1v) is 10.6. The van der Waals surface area contributed by atoms with Gasteiger partial charge in [0.05, 0.1) is 21.5 Å². The predicted octanol–water partition coefficient (Wildman–Crippen LogP) is 4.25. The zero-order chi connectivity index (χ0) is 23.6. The molecular formula is C20H17ClF4N2O4S. The van der Waals surface area contributed by atoms with Gasteiger partial charge in [0.1, 0.15) is 12.6 Å². The molecule has 0 unspecified atom stereocenters. The largest absolute Gasteiger partial charge is 0.417 e. The van der Waals surface area contributed by atoms with Gasteiger partial charge in [0.15, 0.2) is 0 Å². The second-order valence-corrected chi connectivity index (χ2v) is 8.19. The van der Waals surface area contributed by atoms with Crippen LogP contribution in [0.3, 0.4) is 0 Å². The number of methoxy groups -OCH3 is 1. The Kier molecular flexibility index (Phi) is 7.33. The Balaban J connectivity index is 0.000000668. The average molecular weight is 493 g/mol. The second-order valence-electron chi connectivity index (χ2n) is 6.68. The number of benzene rings is 2. The van der Waals surface area contributed by atoms with E-state index in [0.29, 0.717) is 12.2 Å². The molecule has 0 saturated carbocycles. The van der Waals surface area contributed by atoms with Crippen LogP contribution in [0.5, 0.6) is 0 Å². The van der Waals surface area contributed by atoms with Crippen LogP contribution in [0.15, 0.2) is 38.8 Å². The zero-order valence-electron chi connectivity index (χ0n) is 16.6. The number of H-pyrrole nitrogens is 1. The van der Waals surface area contributed by atoms with Gasteiger partial charge in [-0.05, 0) is 35.9 Å². The van der Waals surface area contributed by atoms with Crippen LogP contribution >= 0.6 is 23.4 Å². The molecule has 0 spiro atoms. The van der Waals surface area contributed by atoms with Crippen molar-refractivity contribution in [3.63, 3.8) is 0 Å². The maximum absolute atomic E-state index is 13.9. The van der Waals surface area contributed by atoms with Gasteiger partial charge in [0, 0.05) is 24.1 Å². The van der Waals surface area contributed by atoms with E-state index in [0.717, 1.165) is 30.0 Å². The molecule has 0 radical (unpaired) electrons. The van der Waals surface area contributed by atoms with Gasteiger partial charge in [0.2, 0.25) is 0 Å². The van der Waals surface area contributed by atoms with E-state index in [2.05, 4.69) is 9.72 Å². The number of aromatic amines is 1. The number of aliphatic hydroxyl groups is 1. The summed E-state index contributed by atoms with van der Waals surface area (Å²) in [5.41, 5.74) is -2.60. The normalized spacial score (nSPS) is 13.5. The number of nitrogens with zero attached hydrogens (tertiary/aromatic N) is 1. The maximum atomic E-state index is 13.9. The molecule has 0 saturated heterocycles. The van der Waals surface area contributed by atoms with Crippen LogP contribution in [-0.4, -0.2) is 34.3 Å². The van der Waals surface area contributed by atoms with Crippen LogP contribution in [0.25, 0.3) is 22.0 Å². The fraction of sp³-hybridized carbons (Fsp3) is 0.300. The van der Waals surface area contributed by atoms with Crippen LogP contribution in [0, 0.1) is 5.82 Å². The van der Waals surface area contributed by atoms with Crippen molar-refractivity contribution < 1.29 is 27.4 Å². The van der Waals surface area contributed by atoms with Gasteiger partial charge in [-0.25, -0.2) is 9.18 Å². The van der Waals surface area contributed by atoms with E-state index in [1.807, 2.05) is 0 Å². The lowest BCUT2D eigenvalue weighted by molar-refractivity contribution is -0.137. The molecule has 2 aromatic carbocycles. The van der Waals surface area contributed by atoms with Gasteiger partial charge in [-0.15, -0.1) is 11.8 Å². The van der Waals surface area contributed by atoms with E-state index in [9.17, 15) is 27.2 Å². The van der Waals surface area contributed by atoms with E-state index < -0.39 is 28.8 Å². The number of thioether (sulfide) groups is 1. The third-order valence-corrected chi connectivity index (χ3v) is 6.12. The summed E-state index contributed by atoms with van der Waals surface area (Å²) in [5, 5.41) is 7.12. The molecule has 172 valence electrons. The van der Waals surface area contributed by atoms with E-state index in [1.54, 1.807) is 0 Å². The zero-order valence-corrected chi connectivity index (χ0v) is 18.1. The first kappa shape index (κ1) is 24.3. The monoisotopic (exact) mass is 492 g/mol. The summed E-state index contributed by atoms with van der Waals surface area (Å²) in [6.45, 7) is 0.0844. The minimum atomic E-state index is -4.78. The summed E-state index contributed by atoms with van der Waals surface area (Å²) in [6, 6.07) is 4.05. The van der Waals surface area contributed by atoms with Crippen molar-refractivity contribution in [2.45, 2.75) is 24.0 Å². The van der Waals surface area contributed by atoms with Crippen LogP contribution < -0.4 is 11.2 Å². The molecule has 0 bridgehead atoms. The number of nitrogens with one attached hydrogen (secondary N) is 1. The van der Waals surface area contributed by atoms with E-state index in [4.69, 9.17) is 16.7 Å². The lowest BCUT2D eigenvalue weighted by Crippen LogP contribution is -2.30. The Labute approximate surface area is 187 Å². The van der Waals surface area contributed by atoms with Crippen molar-refractivity contribution in [3.05, 3.63) is 61.5 Å². The second kappa shape index (κ2) is 9.65. The van der Waals surface area contributed by atoms with Crippen molar-refractivity contribution in [1.82, 2.24) is 9.55 Å². The van der Waals surface area contributed by atoms with Crippen molar-refractivity contribution in [3.8, 4) is 11.1 Å². The Bertz CT molecular complexity index is 1270. The number of aliphatic hydroxyl groups excluding tert-OH is 1. The number of alkyl halides is 3. The third-order valence-electron chi connectivity index (χ3n) is 4.65. The fourth-order valence-corrected chi connectivity index (χ4v) is 4.72. The summed E-state index contributed by atoms with van der Waals surface area (Å²) >= 11 is 6.93. The highest BCUT2D eigenvalue weighted by Gasteiger charge is 2.37. The molecule has 1 aliphatic rings. The molecule has 2 heterocycles. The van der Waals surface area contributed by atoms with Gasteiger partial charge < -0.3 is 9.84 Å². The molecule has 6 nitrogen and oxygen atoms in total. The molecule has 0 fully saturated rings. The lowest BCUT2D eigenvalue weighted by atomic mass is 9.96. The molecule has 2 N–H and O–H groups in total. The first-order chi connectivity index (χ1) is 15.1. The number of ether oxygens (including phenoxy) is 1. The smallest absolute Gasteiger partial charge is 0.371 e. The summed E-state index contributed by atoms with van der Waals surface area (Å²) < 4.78 is 60.6. The number of aromatic nitrogens is 2. The van der Waals surface area contributed by atoms with Gasteiger partial charge in [-0.3, -0.25) is 14.3 Å². The number of aryl methyl sites for hydroxylation is 1. The molecule has 0 amide bonds. The molecule has 3 aromatic rings. The quantitative estimate of drug-likeness (QED) is 0.413. The Hall–Kier alpha value is -2.34. The highest BCUT2D eigenvalue weighted by molar-refractivity contribution is 7.99. The topological polar surface area (TPSA) is 84.3 Å². The molecular weight excluding hydrogens is 476 g/mol. The van der Waals surface area contributed by atoms with Gasteiger partial charge in [-0.2, -0.15) is 13.2 Å². The number of halogens is 5. The van der Waals surface area contributed by atoms with Crippen molar-refractivity contribution in [1.29, 1.82) is 0 Å². The molecule has 1 aromatic heterocycles. The Morgan fingerprint density at radius 1 is 1.28 bits per heavy atom. The first-order valence-electron chi connectivity index (χ1n) is 9.19. The minimum Gasteiger partial charge on any atom is -0.371 e. The average Bonchev–Trinajstić information content (AvgIpc) is 2.96. The predicted molar refractivity (Wildman–Crippen MR) is 114 cm³/mol. The molecule has 4 rings (SSSR count). The van der Waals surface area contributed by atoms with Gasteiger partial charge >= 0.3 is 11.9 Å². The van der Waals surface area contributed by atoms with Crippen LogP contribution in [0.1, 0.15) is 12.0 Å². The van der Waals surface area contributed by atoms with Crippen molar-refractivity contribution in [2.24, 2.45) is 0 Å². The SMILES string of the molecule is COCO.O=c1[nH]c(=O)n2c3c(c(-c4ccc(F)c(Cl)c4)c(C(F)(F)F)cc13)SCCC2. The summed E-state index contributed by atoms with van der Waals surface area (Å²) in [5.74, 6) is -0.306. The van der Waals surface area contributed by atoms with E-state index in [-0.39, 0.29) is 45.3 Å². The van der Waals surface area contributed by atoms with Crippen molar-refractivity contribution >= 4 is 34.3 Å². The van der Waals surface area contributed by atoms with E-state index in [1.165, 1.54) is 17.7 Å². The fourth-order valence-electron chi connectivity index (χ4n) is 3.34. The van der Waals surface area contributed by atoms with Crippen LogP contribution in [-0.2, 0) is 17.5 Å². The van der Waals surface area contributed by atoms with Gasteiger partial charge in [-0.1, -0.05) is 17.7 Å². The van der Waals surface area contributed by atoms with Crippen molar-refractivity contribution in [2.75, 3.05) is 19.7 Å². The Morgan fingerprint density at radius 3 is 2.56 bits per heavy atom. The highest BCUT2D eigenvalue weighted by Crippen LogP contribution is 2.46. The summed E-state index contributed by atoms with van der Waals surface area (Å²) in [7, 11) is 1.43. The molecule has 0 atom stereocenters. The number of hydrogen-bond acceptors (Lipinski definition) is 5. The third kappa shape index (κ3) is 4.70. The molecule has 12 heteroatoms.